The minimum atomic E-state index is 0.140. The lowest BCUT2D eigenvalue weighted by Gasteiger charge is -2.11. The number of hydrogen-bond acceptors (Lipinski definition) is 1. The van der Waals surface area contributed by atoms with E-state index in [0.29, 0.717) is 0 Å². The molecule has 2 heterocycles. The maximum atomic E-state index is 4.21. The van der Waals surface area contributed by atoms with Crippen molar-refractivity contribution in [3.05, 3.63) is 30.4 Å². The van der Waals surface area contributed by atoms with Crippen molar-refractivity contribution in [2.45, 2.75) is 27.7 Å². The highest BCUT2D eigenvalue weighted by Crippen LogP contribution is 2.23. The van der Waals surface area contributed by atoms with Crippen molar-refractivity contribution in [1.82, 2.24) is 9.55 Å². The van der Waals surface area contributed by atoms with Crippen molar-refractivity contribution in [3.8, 4) is 0 Å². The highest BCUT2D eigenvalue weighted by Gasteiger charge is 2.11. The molecule has 2 heteroatoms. The predicted molar refractivity (Wildman–Crippen MR) is 61.7 cm³/mol. The summed E-state index contributed by atoms with van der Waals surface area (Å²) < 4.78 is 2.02. The Labute approximate surface area is 86.0 Å². The highest BCUT2D eigenvalue weighted by atomic mass is 15.0. The number of aromatic nitrogens is 2. The van der Waals surface area contributed by atoms with Crippen LogP contribution in [0.5, 0.6) is 0 Å². The molecule has 0 amide bonds. The summed E-state index contributed by atoms with van der Waals surface area (Å²) in [5.41, 5.74) is 0.140. The molecule has 76 valence electrons. The number of hydrogen-bond donors (Lipinski definition) is 0. The molecule has 0 bridgehead atoms. The number of nitrogens with zero attached hydrogens (tertiary/aromatic N) is 2. The second-order valence-electron chi connectivity index (χ2n) is 3.66. The minimum absolute atomic E-state index is 0.140. The molecular weight excluding hydrogens is 172 g/mol. The van der Waals surface area contributed by atoms with Gasteiger partial charge in [-0.3, -0.25) is 0 Å². The van der Waals surface area contributed by atoms with Crippen LogP contribution in [0.2, 0.25) is 0 Å². The van der Waals surface area contributed by atoms with Crippen molar-refractivity contribution < 1.29 is 0 Å². The highest BCUT2D eigenvalue weighted by molar-refractivity contribution is 5.50. The molecule has 0 aromatic carbocycles. The van der Waals surface area contributed by atoms with Gasteiger partial charge in [-0.2, -0.15) is 0 Å². The molecule has 2 nitrogen and oxygen atoms in total. The summed E-state index contributed by atoms with van der Waals surface area (Å²) >= 11 is 0. The van der Waals surface area contributed by atoms with Crippen molar-refractivity contribution >= 4 is 12.3 Å². The summed E-state index contributed by atoms with van der Waals surface area (Å²) in [5, 5.41) is 0. The van der Waals surface area contributed by atoms with Crippen molar-refractivity contribution in [3.63, 3.8) is 0 Å². The van der Waals surface area contributed by atoms with Crippen LogP contribution >= 0.6 is 0 Å². The minimum Gasteiger partial charge on any atom is -0.307 e. The fourth-order valence-electron chi connectivity index (χ4n) is 1.20. The molecule has 1 aliphatic rings. The molecule has 1 aromatic rings. The lowest BCUT2D eigenvalue weighted by atomic mass is 9.93. The third-order valence-corrected chi connectivity index (χ3v) is 2.03. The van der Waals surface area contributed by atoms with Crippen molar-refractivity contribution in [2.24, 2.45) is 5.41 Å². The maximum Gasteiger partial charge on any atom is 0.136 e. The number of imidazole rings is 1. The second-order valence-corrected chi connectivity index (χ2v) is 3.66. The second kappa shape index (κ2) is 4.27. The van der Waals surface area contributed by atoms with Crippen LogP contribution in [0.3, 0.4) is 0 Å². The summed E-state index contributed by atoms with van der Waals surface area (Å²) in [6, 6.07) is 0. The molecule has 0 atom stereocenters. The molecule has 0 saturated carbocycles. The Kier molecular flexibility index (Phi) is 3.28. The van der Waals surface area contributed by atoms with Gasteiger partial charge >= 0.3 is 0 Å². The first-order valence-corrected chi connectivity index (χ1v) is 5.09. The van der Waals surface area contributed by atoms with Gasteiger partial charge in [0.2, 0.25) is 0 Å². The van der Waals surface area contributed by atoms with E-state index in [1.165, 1.54) is 0 Å². The van der Waals surface area contributed by atoms with Gasteiger partial charge in [0.1, 0.15) is 5.82 Å². The zero-order valence-corrected chi connectivity index (χ0v) is 9.36. The molecular formula is C12H18N2. The van der Waals surface area contributed by atoms with Gasteiger partial charge in [0, 0.05) is 24.0 Å². The normalized spacial score (nSPS) is 16.6. The van der Waals surface area contributed by atoms with E-state index in [1.807, 2.05) is 30.8 Å². The number of rotatable bonds is 0. The Morgan fingerprint density at radius 1 is 1.21 bits per heavy atom. The van der Waals surface area contributed by atoms with Crippen LogP contribution in [0.25, 0.3) is 12.3 Å². The zero-order valence-electron chi connectivity index (χ0n) is 9.36. The van der Waals surface area contributed by atoms with E-state index in [-0.39, 0.29) is 5.41 Å². The van der Waals surface area contributed by atoms with E-state index in [0.717, 1.165) is 5.82 Å². The van der Waals surface area contributed by atoms with Gasteiger partial charge in [-0.25, -0.2) is 4.98 Å². The lowest BCUT2D eigenvalue weighted by Crippen LogP contribution is -2.00. The van der Waals surface area contributed by atoms with Gasteiger partial charge in [0.15, 0.2) is 0 Å². The third-order valence-electron chi connectivity index (χ3n) is 2.03. The van der Waals surface area contributed by atoms with Gasteiger partial charge < -0.3 is 4.57 Å². The monoisotopic (exact) mass is 190 g/mol. The molecule has 2 rings (SSSR count). The molecule has 1 aromatic heterocycles. The standard InChI is InChI=1S/C10H12N2.C2H6/c1-10(2)4-3-9-11-6-8-12(9)7-5-10;1-2/h3-8H,1-2H3;1-2H3. The Morgan fingerprint density at radius 3 is 2.64 bits per heavy atom. The van der Waals surface area contributed by atoms with Gasteiger partial charge in [0.25, 0.3) is 0 Å². The van der Waals surface area contributed by atoms with Crippen molar-refractivity contribution in [2.75, 3.05) is 0 Å². The average molecular weight is 190 g/mol. The van der Waals surface area contributed by atoms with E-state index in [9.17, 15) is 0 Å². The first-order valence-electron chi connectivity index (χ1n) is 5.09. The first kappa shape index (κ1) is 10.8. The smallest absolute Gasteiger partial charge is 0.136 e. The van der Waals surface area contributed by atoms with Gasteiger partial charge in [-0.15, -0.1) is 0 Å². The fourth-order valence-corrected chi connectivity index (χ4v) is 1.20. The molecule has 0 fully saturated rings. The zero-order chi connectivity index (χ0) is 10.6. The molecule has 0 radical (unpaired) electrons. The third kappa shape index (κ3) is 2.34. The molecule has 0 aliphatic carbocycles. The van der Waals surface area contributed by atoms with Gasteiger partial charge in [-0.05, 0) is 6.08 Å². The van der Waals surface area contributed by atoms with Crippen LogP contribution in [-0.4, -0.2) is 9.55 Å². The summed E-state index contributed by atoms with van der Waals surface area (Å²) in [6.45, 7) is 8.35. The molecule has 1 aliphatic heterocycles. The lowest BCUT2D eigenvalue weighted by molar-refractivity contribution is 0.632. The molecule has 0 saturated heterocycles. The van der Waals surface area contributed by atoms with Crippen LogP contribution in [-0.2, 0) is 0 Å². The Balaban J connectivity index is 0.000000461. The Morgan fingerprint density at radius 2 is 1.93 bits per heavy atom. The van der Waals surface area contributed by atoms with Crippen LogP contribution in [0.4, 0.5) is 0 Å². The van der Waals surface area contributed by atoms with E-state index in [1.54, 1.807) is 0 Å². The van der Waals surface area contributed by atoms with E-state index >= 15 is 0 Å². The maximum absolute atomic E-state index is 4.21. The Bertz CT molecular complexity index is 312. The number of fused-ring (bicyclic) bond motifs is 1. The topological polar surface area (TPSA) is 17.8 Å². The summed E-state index contributed by atoms with van der Waals surface area (Å²) in [4.78, 5) is 4.21. The first-order chi connectivity index (χ1) is 6.67. The van der Waals surface area contributed by atoms with Crippen LogP contribution < -0.4 is 0 Å². The SMILES string of the molecule is CC.CC1(C)C=Cc2nccn2C=C1. The quantitative estimate of drug-likeness (QED) is 0.613. The summed E-state index contributed by atoms with van der Waals surface area (Å²) in [6.07, 6.45) is 12.2. The average Bonchev–Trinajstić information content (AvgIpc) is 2.58. The summed E-state index contributed by atoms with van der Waals surface area (Å²) in [7, 11) is 0. The van der Waals surface area contributed by atoms with Crippen LogP contribution in [0, 0.1) is 5.41 Å². The number of allylic oxidation sites excluding steroid dienone is 2. The predicted octanol–water partition coefficient (Wildman–Crippen LogP) is 3.43. The van der Waals surface area contributed by atoms with Crippen molar-refractivity contribution in [1.29, 1.82) is 0 Å². The largest absolute Gasteiger partial charge is 0.307 e. The van der Waals surface area contributed by atoms with Gasteiger partial charge in [-0.1, -0.05) is 39.8 Å². The van der Waals surface area contributed by atoms with E-state index in [2.05, 4.69) is 43.3 Å². The van der Waals surface area contributed by atoms with Crippen LogP contribution in [0.1, 0.15) is 33.5 Å². The van der Waals surface area contributed by atoms with Crippen LogP contribution in [0.15, 0.2) is 24.5 Å². The molecule has 0 spiro atoms. The molecule has 0 unspecified atom stereocenters. The molecule has 0 N–H and O–H groups in total. The van der Waals surface area contributed by atoms with Gasteiger partial charge in [0.05, 0.1) is 0 Å². The van der Waals surface area contributed by atoms with E-state index in [4.69, 9.17) is 0 Å². The fraction of sp³-hybridized carbons (Fsp3) is 0.417. The molecule has 14 heavy (non-hydrogen) atoms. The Hall–Kier alpha value is -1.31. The van der Waals surface area contributed by atoms with E-state index < -0.39 is 0 Å². The summed E-state index contributed by atoms with van der Waals surface area (Å²) in [5.74, 6) is 0.997.